The van der Waals surface area contributed by atoms with Crippen LogP contribution < -0.4 is 0 Å². The summed E-state index contributed by atoms with van der Waals surface area (Å²) >= 11 is 3.22. The highest BCUT2D eigenvalue weighted by Gasteiger charge is 2.15. The highest BCUT2D eigenvalue weighted by Crippen LogP contribution is 2.16. The lowest BCUT2D eigenvalue weighted by Crippen LogP contribution is -2.12. The Morgan fingerprint density at radius 1 is 1.50 bits per heavy atom. The Labute approximate surface area is 91.4 Å². The highest BCUT2D eigenvalue weighted by atomic mass is 79.9. The normalized spacial score (nSPS) is 12.2. The van der Waals surface area contributed by atoms with Gasteiger partial charge >= 0.3 is 0 Å². The van der Waals surface area contributed by atoms with Crippen molar-refractivity contribution >= 4 is 28.0 Å². The van der Waals surface area contributed by atoms with Crippen LogP contribution in [0.2, 0.25) is 0 Å². The maximum absolute atomic E-state index is 11.7. The zero-order valence-corrected chi connectivity index (χ0v) is 9.67. The fourth-order valence-electron chi connectivity index (χ4n) is 1.26. The van der Waals surface area contributed by atoms with Crippen LogP contribution in [0, 0.1) is 6.92 Å². The van der Waals surface area contributed by atoms with Crippen molar-refractivity contribution in [2.24, 2.45) is 0 Å². The average molecular weight is 255 g/mol. The standard InChI is InChI=1S/C11H11BrO2/c1-7-9(6-13)4-3-5-10(7)11(14)8(2)12/h3-6,8H,1-2H3. The second kappa shape index (κ2) is 4.51. The number of benzene rings is 1. The molecule has 0 saturated carbocycles. The number of ketones is 1. The summed E-state index contributed by atoms with van der Waals surface area (Å²) in [5.74, 6) is 0.00574. The van der Waals surface area contributed by atoms with Crippen molar-refractivity contribution in [2.45, 2.75) is 18.7 Å². The molecule has 74 valence electrons. The number of halogens is 1. The van der Waals surface area contributed by atoms with Crippen LogP contribution in [-0.4, -0.2) is 16.9 Å². The summed E-state index contributed by atoms with van der Waals surface area (Å²) in [5.41, 5.74) is 1.93. The molecule has 0 saturated heterocycles. The van der Waals surface area contributed by atoms with Gasteiger partial charge in [-0.15, -0.1) is 0 Å². The van der Waals surface area contributed by atoms with Gasteiger partial charge in [0, 0.05) is 11.1 Å². The molecule has 2 nitrogen and oxygen atoms in total. The molecule has 1 unspecified atom stereocenters. The first kappa shape index (κ1) is 11.1. The molecule has 0 bridgehead atoms. The third-order valence-electron chi connectivity index (χ3n) is 2.13. The van der Waals surface area contributed by atoms with E-state index in [1.54, 1.807) is 32.0 Å². The van der Waals surface area contributed by atoms with Gasteiger partial charge in [-0.3, -0.25) is 9.59 Å². The molecular formula is C11H11BrO2. The molecule has 0 fully saturated rings. The van der Waals surface area contributed by atoms with Crippen molar-refractivity contribution in [3.05, 3.63) is 34.9 Å². The van der Waals surface area contributed by atoms with Gasteiger partial charge in [-0.2, -0.15) is 0 Å². The minimum atomic E-state index is -0.219. The van der Waals surface area contributed by atoms with Gasteiger partial charge in [0.25, 0.3) is 0 Å². The molecule has 0 aliphatic heterocycles. The van der Waals surface area contributed by atoms with E-state index in [4.69, 9.17) is 0 Å². The Bertz CT molecular complexity index is 370. The SMILES string of the molecule is Cc1c(C=O)cccc1C(=O)C(C)Br. The first-order valence-electron chi connectivity index (χ1n) is 4.31. The molecule has 0 amide bonds. The molecule has 0 spiro atoms. The van der Waals surface area contributed by atoms with Crippen molar-refractivity contribution in [2.75, 3.05) is 0 Å². The number of rotatable bonds is 3. The van der Waals surface area contributed by atoms with E-state index < -0.39 is 0 Å². The van der Waals surface area contributed by atoms with Crippen molar-refractivity contribution in [1.82, 2.24) is 0 Å². The van der Waals surface area contributed by atoms with Gasteiger partial charge in [-0.05, 0) is 19.4 Å². The van der Waals surface area contributed by atoms with E-state index >= 15 is 0 Å². The summed E-state index contributed by atoms with van der Waals surface area (Å²) in [5, 5.41) is 0. The second-order valence-electron chi connectivity index (χ2n) is 3.12. The molecule has 1 rings (SSSR count). The monoisotopic (exact) mass is 254 g/mol. The van der Waals surface area contributed by atoms with Crippen molar-refractivity contribution in [3.63, 3.8) is 0 Å². The van der Waals surface area contributed by atoms with Crippen LogP contribution in [0.15, 0.2) is 18.2 Å². The lowest BCUT2D eigenvalue weighted by Gasteiger charge is -2.07. The molecule has 14 heavy (non-hydrogen) atoms. The summed E-state index contributed by atoms with van der Waals surface area (Å²) in [7, 11) is 0. The Morgan fingerprint density at radius 3 is 2.64 bits per heavy atom. The quantitative estimate of drug-likeness (QED) is 0.472. The molecule has 1 atom stereocenters. The zero-order valence-electron chi connectivity index (χ0n) is 8.08. The van der Waals surface area contributed by atoms with E-state index in [-0.39, 0.29) is 10.6 Å². The van der Waals surface area contributed by atoms with Crippen LogP contribution in [-0.2, 0) is 0 Å². The Balaban J connectivity index is 3.22. The van der Waals surface area contributed by atoms with E-state index in [0.717, 1.165) is 11.8 Å². The Kier molecular flexibility index (Phi) is 3.58. The molecule has 0 heterocycles. The van der Waals surface area contributed by atoms with E-state index in [2.05, 4.69) is 15.9 Å². The topological polar surface area (TPSA) is 34.1 Å². The average Bonchev–Trinajstić information content (AvgIpc) is 2.17. The van der Waals surface area contributed by atoms with Gasteiger partial charge in [-0.1, -0.05) is 34.1 Å². The van der Waals surface area contributed by atoms with Crippen molar-refractivity contribution in [3.8, 4) is 0 Å². The van der Waals surface area contributed by atoms with Crippen LogP contribution in [0.3, 0.4) is 0 Å². The Hall–Kier alpha value is -0.960. The number of carbonyl (C=O) groups excluding carboxylic acids is 2. The van der Waals surface area contributed by atoms with Crippen LogP contribution in [0.1, 0.15) is 33.2 Å². The molecule has 0 aromatic heterocycles. The van der Waals surface area contributed by atoms with Gasteiger partial charge in [-0.25, -0.2) is 0 Å². The van der Waals surface area contributed by atoms with Crippen molar-refractivity contribution < 1.29 is 9.59 Å². The van der Waals surface area contributed by atoms with Crippen LogP contribution in [0.25, 0.3) is 0 Å². The molecule has 0 aliphatic rings. The number of carbonyl (C=O) groups is 2. The third kappa shape index (κ3) is 2.10. The molecule has 1 aromatic rings. The van der Waals surface area contributed by atoms with Gasteiger partial charge < -0.3 is 0 Å². The predicted octanol–water partition coefficient (Wildman–Crippen LogP) is 2.77. The van der Waals surface area contributed by atoms with E-state index in [0.29, 0.717) is 11.1 Å². The summed E-state index contributed by atoms with van der Waals surface area (Å²) in [6.45, 7) is 3.56. The van der Waals surface area contributed by atoms with Crippen molar-refractivity contribution in [1.29, 1.82) is 0 Å². The van der Waals surface area contributed by atoms with Gasteiger partial charge in [0.1, 0.15) is 6.29 Å². The third-order valence-corrected chi connectivity index (χ3v) is 2.55. The molecule has 3 heteroatoms. The zero-order chi connectivity index (χ0) is 10.7. The second-order valence-corrected chi connectivity index (χ2v) is 4.49. The number of Topliss-reactive ketones (excluding diaryl/α,β-unsaturated/α-hetero) is 1. The van der Waals surface area contributed by atoms with Gasteiger partial charge in [0.15, 0.2) is 5.78 Å². The summed E-state index contributed by atoms with van der Waals surface area (Å²) in [6, 6.07) is 5.17. The van der Waals surface area contributed by atoms with Gasteiger partial charge in [0.05, 0.1) is 4.83 Å². The molecular weight excluding hydrogens is 244 g/mol. The molecule has 1 aromatic carbocycles. The fraction of sp³-hybridized carbons (Fsp3) is 0.273. The lowest BCUT2D eigenvalue weighted by atomic mass is 9.99. The molecule has 0 N–H and O–H groups in total. The Morgan fingerprint density at radius 2 is 2.14 bits per heavy atom. The van der Waals surface area contributed by atoms with E-state index in [1.165, 1.54) is 0 Å². The number of hydrogen-bond donors (Lipinski definition) is 0. The number of hydrogen-bond acceptors (Lipinski definition) is 2. The first-order valence-corrected chi connectivity index (χ1v) is 5.22. The highest BCUT2D eigenvalue weighted by molar-refractivity contribution is 9.10. The van der Waals surface area contributed by atoms with Crippen LogP contribution >= 0.6 is 15.9 Å². The number of alkyl halides is 1. The van der Waals surface area contributed by atoms with E-state index in [9.17, 15) is 9.59 Å². The smallest absolute Gasteiger partial charge is 0.176 e. The minimum absolute atomic E-state index is 0.00574. The first-order chi connectivity index (χ1) is 6.57. The fourth-order valence-corrected chi connectivity index (χ4v) is 1.51. The van der Waals surface area contributed by atoms with Gasteiger partial charge in [0.2, 0.25) is 0 Å². The molecule has 0 radical (unpaired) electrons. The lowest BCUT2D eigenvalue weighted by molar-refractivity contribution is 0.0995. The summed E-state index contributed by atoms with van der Waals surface area (Å²) < 4.78 is 0. The van der Waals surface area contributed by atoms with Crippen LogP contribution in [0.5, 0.6) is 0 Å². The predicted molar refractivity (Wildman–Crippen MR) is 59.3 cm³/mol. The summed E-state index contributed by atoms with van der Waals surface area (Å²) in [6.07, 6.45) is 0.769. The minimum Gasteiger partial charge on any atom is -0.298 e. The largest absolute Gasteiger partial charge is 0.298 e. The summed E-state index contributed by atoms with van der Waals surface area (Å²) in [4.78, 5) is 22.1. The maximum atomic E-state index is 11.7. The number of aldehydes is 1. The maximum Gasteiger partial charge on any atom is 0.176 e. The van der Waals surface area contributed by atoms with E-state index in [1.807, 2.05) is 0 Å². The van der Waals surface area contributed by atoms with Crippen LogP contribution in [0.4, 0.5) is 0 Å². The molecule has 0 aliphatic carbocycles.